The van der Waals surface area contributed by atoms with Gasteiger partial charge in [0.2, 0.25) is 0 Å². The van der Waals surface area contributed by atoms with Crippen molar-refractivity contribution in [1.82, 2.24) is 10.3 Å². The summed E-state index contributed by atoms with van der Waals surface area (Å²) >= 11 is 0. The van der Waals surface area contributed by atoms with Gasteiger partial charge in [-0.2, -0.15) is 0 Å². The third kappa shape index (κ3) is 4.98. The highest BCUT2D eigenvalue weighted by Crippen LogP contribution is 2.21. The van der Waals surface area contributed by atoms with Gasteiger partial charge in [0, 0.05) is 12.7 Å². The van der Waals surface area contributed by atoms with Crippen LogP contribution in [0.2, 0.25) is 0 Å². The Hall–Kier alpha value is -3.33. The summed E-state index contributed by atoms with van der Waals surface area (Å²) in [5, 5.41) is 2.61. The van der Waals surface area contributed by atoms with E-state index in [0.717, 1.165) is 12.1 Å². The average molecular weight is 431 g/mol. The van der Waals surface area contributed by atoms with Crippen LogP contribution < -0.4 is 10.0 Å². The summed E-state index contributed by atoms with van der Waals surface area (Å²) in [6.07, 6.45) is 3.18. The fraction of sp³-hybridized carbons (Fsp3) is 0.143. The summed E-state index contributed by atoms with van der Waals surface area (Å²) in [6.45, 7) is 1.85. The number of aryl methyl sites for hydroxylation is 1. The van der Waals surface area contributed by atoms with Crippen LogP contribution in [0.4, 0.5) is 14.5 Å². The SMILES string of the molecule is Cc1ccncc1NS(=O)(=O)c1ccccc1C(=O)NCCc1ccc(F)c(F)c1. The molecule has 1 amide bonds. The summed E-state index contributed by atoms with van der Waals surface area (Å²) in [6, 6.07) is 11.0. The van der Waals surface area contributed by atoms with Gasteiger partial charge < -0.3 is 5.32 Å². The van der Waals surface area contributed by atoms with Gasteiger partial charge in [-0.3, -0.25) is 14.5 Å². The smallest absolute Gasteiger partial charge is 0.262 e. The van der Waals surface area contributed by atoms with Crippen LogP contribution in [0, 0.1) is 18.6 Å². The van der Waals surface area contributed by atoms with E-state index in [-0.39, 0.29) is 23.4 Å². The molecular formula is C21H19F2N3O3S. The normalized spacial score (nSPS) is 11.2. The largest absolute Gasteiger partial charge is 0.352 e. The summed E-state index contributed by atoms with van der Waals surface area (Å²) in [7, 11) is -4.04. The number of hydrogen-bond acceptors (Lipinski definition) is 4. The van der Waals surface area contributed by atoms with Crippen LogP contribution in [0.15, 0.2) is 65.8 Å². The molecule has 0 aliphatic rings. The second-order valence-electron chi connectivity index (χ2n) is 6.55. The van der Waals surface area contributed by atoms with Gasteiger partial charge in [-0.1, -0.05) is 18.2 Å². The van der Waals surface area contributed by atoms with E-state index in [4.69, 9.17) is 0 Å². The minimum Gasteiger partial charge on any atom is -0.352 e. The van der Waals surface area contributed by atoms with E-state index in [1.165, 1.54) is 30.5 Å². The lowest BCUT2D eigenvalue weighted by molar-refractivity contribution is 0.0951. The van der Waals surface area contributed by atoms with E-state index in [1.54, 1.807) is 25.3 Å². The first-order valence-corrected chi connectivity index (χ1v) is 10.5. The summed E-state index contributed by atoms with van der Waals surface area (Å²) < 4.78 is 54.4. The highest BCUT2D eigenvalue weighted by atomic mass is 32.2. The maximum Gasteiger partial charge on any atom is 0.262 e. The highest BCUT2D eigenvalue weighted by molar-refractivity contribution is 7.92. The lowest BCUT2D eigenvalue weighted by atomic mass is 10.1. The van der Waals surface area contributed by atoms with Crippen molar-refractivity contribution < 1.29 is 22.0 Å². The lowest BCUT2D eigenvalue weighted by Gasteiger charge is -2.13. The number of hydrogen-bond donors (Lipinski definition) is 2. The molecule has 3 rings (SSSR count). The molecule has 2 N–H and O–H groups in total. The molecule has 2 aromatic carbocycles. The van der Waals surface area contributed by atoms with E-state index < -0.39 is 27.6 Å². The molecule has 0 saturated carbocycles. The number of rotatable bonds is 7. The quantitative estimate of drug-likeness (QED) is 0.600. The van der Waals surface area contributed by atoms with E-state index >= 15 is 0 Å². The third-order valence-electron chi connectivity index (χ3n) is 4.39. The Morgan fingerprint density at radius 2 is 1.83 bits per heavy atom. The Morgan fingerprint density at radius 3 is 2.57 bits per heavy atom. The van der Waals surface area contributed by atoms with Crippen LogP contribution in [0.5, 0.6) is 0 Å². The topological polar surface area (TPSA) is 88.2 Å². The van der Waals surface area contributed by atoms with Crippen LogP contribution in [0.25, 0.3) is 0 Å². The highest BCUT2D eigenvalue weighted by Gasteiger charge is 2.22. The molecule has 0 fully saturated rings. The Bertz CT molecular complexity index is 1180. The molecule has 0 spiro atoms. The fourth-order valence-electron chi connectivity index (χ4n) is 2.77. The zero-order chi connectivity index (χ0) is 21.7. The van der Waals surface area contributed by atoms with Gasteiger partial charge in [0.15, 0.2) is 11.6 Å². The number of nitrogens with zero attached hydrogens (tertiary/aromatic N) is 1. The standard InChI is InChI=1S/C21H19F2N3O3S/c1-14-8-10-24-13-19(14)26-30(28,29)20-5-3-2-4-16(20)21(27)25-11-9-15-6-7-17(22)18(23)12-15/h2-8,10,12-13,26H,9,11H2,1H3,(H,25,27). The minimum atomic E-state index is -4.04. The number of pyridine rings is 1. The first kappa shape index (κ1) is 21.4. The van der Waals surface area contributed by atoms with Crippen molar-refractivity contribution in [2.75, 3.05) is 11.3 Å². The average Bonchev–Trinajstić information content (AvgIpc) is 2.72. The van der Waals surface area contributed by atoms with Crippen LogP contribution in [0.3, 0.4) is 0 Å². The minimum absolute atomic E-state index is 0.0307. The van der Waals surface area contributed by atoms with Crippen molar-refractivity contribution in [3.05, 3.63) is 89.2 Å². The van der Waals surface area contributed by atoms with Gasteiger partial charge in [-0.05, 0) is 54.8 Å². The first-order chi connectivity index (χ1) is 14.3. The number of aromatic nitrogens is 1. The Balaban J connectivity index is 1.74. The molecule has 30 heavy (non-hydrogen) atoms. The number of carbonyl (C=O) groups is 1. The maximum absolute atomic E-state index is 13.3. The van der Waals surface area contributed by atoms with Crippen LogP contribution in [-0.2, 0) is 16.4 Å². The predicted molar refractivity (Wildman–Crippen MR) is 109 cm³/mol. The van der Waals surface area contributed by atoms with E-state index in [9.17, 15) is 22.0 Å². The van der Waals surface area contributed by atoms with Crippen molar-refractivity contribution in [2.45, 2.75) is 18.2 Å². The van der Waals surface area contributed by atoms with E-state index in [0.29, 0.717) is 16.8 Å². The van der Waals surface area contributed by atoms with E-state index in [2.05, 4.69) is 15.0 Å². The van der Waals surface area contributed by atoms with Crippen LogP contribution in [-0.4, -0.2) is 25.9 Å². The molecule has 0 atom stereocenters. The zero-order valence-corrected chi connectivity index (χ0v) is 16.8. The Morgan fingerprint density at radius 1 is 1.07 bits per heavy atom. The number of carbonyl (C=O) groups excluding carboxylic acids is 1. The monoisotopic (exact) mass is 431 g/mol. The molecular weight excluding hydrogens is 412 g/mol. The van der Waals surface area contributed by atoms with Gasteiger partial charge in [0.25, 0.3) is 15.9 Å². The molecule has 156 valence electrons. The number of sulfonamides is 1. The Kier molecular flexibility index (Phi) is 6.41. The van der Waals surface area contributed by atoms with Gasteiger partial charge in [0.05, 0.1) is 17.4 Å². The number of amides is 1. The molecule has 1 heterocycles. The third-order valence-corrected chi connectivity index (χ3v) is 5.81. The molecule has 6 nitrogen and oxygen atoms in total. The van der Waals surface area contributed by atoms with Crippen molar-refractivity contribution in [3.63, 3.8) is 0 Å². The van der Waals surface area contributed by atoms with Crippen molar-refractivity contribution in [3.8, 4) is 0 Å². The fourth-order valence-corrected chi connectivity index (χ4v) is 4.09. The molecule has 0 aliphatic carbocycles. The van der Waals surface area contributed by atoms with Crippen molar-refractivity contribution in [2.24, 2.45) is 0 Å². The lowest BCUT2D eigenvalue weighted by Crippen LogP contribution is -2.28. The summed E-state index contributed by atoms with van der Waals surface area (Å²) in [5.41, 5.74) is 1.47. The van der Waals surface area contributed by atoms with Crippen LogP contribution in [0.1, 0.15) is 21.5 Å². The second-order valence-corrected chi connectivity index (χ2v) is 8.20. The van der Waals surface area contributed by atoms with Gasteiger partial charge in [-0.25, -0.2) is 17.2 Å². The molecule has 0 saturated heterocycles. The van der Waals surface area contributed by atoms with Gasteiger partial charge in [-0.15, -0.1) is 0 Å². The molecule has 3 aromatic rings. The van der Waals surface area contributed by atoms with Crippen molar-refractivity contribution >= 4 is 21.6 Å². The summed E-state index contributed by atoms with van der Waals surface area (Å²) in [5.74, 6) is -2.51. The number of halogens is 2. The van der Waals surface area contributed by atoms with Crippen LogP contribution >= 0.6 is 0 Å². The number of benzene rings is 2. The molecule has 0 aliphatic heterocycles. The zero-order valence-electron chi connectivity index (χ0n) is 16.0. The molecule has 0 unspecified atom stereocenters. The molecule has 9 heteroatoms. The number of nitrogens with one attached hydrogen (secondary N) is 2. The van der Waals surface area contributed by atoms with Crippen molar-refractivity contribution in [1.29, 1.82) is 0 Å². The first-order valence-electron chi connectivity index (χ1n) is 9.02. The Labute approximate surface area is 173 Å². The van der Waals surface area contributed by atoms with Gasteiger partial charge >= 0.3 is 0 Å². The molecule has 0 bridgehead atoms. The maximum atomic E-state index is 13.3. The number of anilines is 1. The predicted octanol–water partition coefficient (Wildman–Crippen LogP) is 3.44. The second kappa shape index (κ2) is 9.00. The summed E-state index contributed by atoms with van der Waals surface area (Å²) in [4.78, 5) is 16.3. The molecule has 0 radical (unpaired) electrons. The van der Waals surface area contributed by atoms with Gasteiger partial charge in [0.1, 0.15) is 4.90 Å². The molecule has 1 aromatic heterocycles. The van der Waals surface area contributed by atoms with E-state index in [1.807, 2.05) is 0 Å².